The van der Waals surface area contributed by atoms with Crippen LogP contribution in [0.4, 0.5) is 0 Å². The lowest BCUT2D eigenvalue weighted by atomic mass is 9.88. The summed E-state index contributed by atoms with van der Waals surface area (Å²) in [4.78, 5) is 7.52. The van der Waals surface area contributed by atoms with Gasteiger partial charge in [0.25, 0.3) is 0 Å². The molecule has 7 heteroatoms. The van der Waals surface area contributed by atoms with E-state index in [0.717, 1.165) is 77.6 Å². The molecular weight excluding hydrogens is 503 g/mol. The molecule has 3 rings (SSSR count). The Morgan fingerprint density at radius 1 is 1.19 bits per heavy atom. The van der Waals surface area contributed by atoms with Crippen molar-refractivity contribution < 1.29 is 9.47 Å². The second-order valence-electron chi connectivity index (χ2n) is 8.48. The average Bonchev–Trinajstić information content (AvgIpc) is 2.79. The summed E-state index contributed by atoms with van der Waals surface area (Å²) >= 11 is 0. The first kappa shape index (κ1) is 26.4. The van der Waals surface area contributed by atoms with Gasteiger partial charge in [-0.1, -0.05) is 30.3 Å². The van der Waals surface area contributed by atoms with Crippen molar-refractivity contribution in [1.82, 2.24) is 15.5 Å². The monoisotopic (exact) mass is 544 g/mol. The highest BCUT2D eigenvalue weighted by Gasteiger charge is 2.34. The first-order valence-electron chi connectivity index (χ1n) is 11.7. The minimum atomic E-state index is -0.0299. The van der Waals surface area contributed by atoms with E-state index in [2.05, 4.69) is 66.6 Å². The van der Waals surface area contributed by atoms with E-state index in [1.54, 1.807) is 0 Å². The van der Waals surface area contributed by atoms with E-state index in [0.29, 0.717) is 6.10 Å². The Kier molecular flexibility index (Phi) is 11.6. The van der Waals surface area contributed by atoms with Gasteiger partial charge in [-0.25, -0.2) is 0 Å². The molecule has 2 saturated heterocycles. The Morgan fingerprint density at radius 3 is 2.48 bits per heavy atom. The molecule has 0 radical (unpaired) electrons. The molecule has 0 aromatic heterocycles. The van der Waals surface area contributed by atoms with Gasteiger partial charge in [0, 0.05) is 51.0 Å². The third-order valence-electron chi connectivity index (χ3n) is 6.28. The van der Waals surface area contributed by atoms with Crippen LogP contribution in [-0.2, 0) is 9.47 Å². The molecular formula is C24H41IN4O2. The summed E-state index contributed by atoms with van der Waals surface area (Å²) < 4.78 is 11.5. The molecule has 0 bridgehead atoms. The summed E-state index contributed by atoms with van der Waals surface area (Å²) in [7, 11) is 0. The minimum Gasteiger partial charge on any atom is -0.381 e. The lowest BCUT2D eigenvalue weighted by molar-refractivity contribution is 0.0259. The molecule has 31 heavy (non-hydrogen) atoms. The zero-order valence-electron chi connectivity index (χ0n) is 19.4. The number of guanidine groups is 1. The lowest BCUT2D eigenvalue weighted by Gasteiger charge is -2.40. The number of benzene rings is 1. The molecule has 1 unspecified atom stereocenters. The molecule has 2 aliphatic rings. The van der Waals surface area contributed by atoms with Crippen molar-refractivity contribution in [3.63, 3.8) is 0 Å². The fourth-order valence-electron chi connectivity index (χ4n) is 4.52. The maximum Gasteiger partial charge on any atom is 0.193 e. The molecule has 0 aliphatic carbocycles. The molecule has 1 aromatic carbocycles. The zero-order chi connectivity index (χ0) is 21.2. The van der Waals surface area contributed by atoms with Crippen molar-refractivity contribution in [2.45, 2.75) is 64.1 Å². The number of rotatable bonds is 8. The van der Waals surface area contributed by atoms with Crippen molar-refractivity contribution in [2.24, 2.45) is 4.99 Å². The standard InChI is InChI=1S/C24H40N4O2.HI/c1-4-25-23(28-15-11-22(12-16-28)30-5-2)26-19-24(13-17-29-18-14-24)27-20(3)21-9-7-6-8-10-21;/h6-10,20,22,27H,4-5,11-19H2,1-3H3,(H,25,26);1H. The van der Waals surface area contributed by atoms with Gasteiger partial charge in [-0.15, -0.1) is 24.0 Å². The van der Waals surface area contributed by atoms with Crippen LogP contribution in [0.1, 0.15) is 58.1 Å². The number of nitrogens with one attached hydrogen (secondary N) is 2. The highest BCUT2D eigenvalue weighted by molar-refractivity contribution is 14.0. The van der Waals surface area contributed by atoms with Crippen molar-refractivity contribution in [1.29, 1.82) is 0 Å². The summed E-state index contributed by atoms with van der Waals surface area (Å²) in [5, 5.41) is 7.44. The normalized spacial score (nSPS) is 20.7. The Bertz CT molecular complexity index is 644. The Balaban J connectivity index is 0.00000341. The highest BCUT2D eigenvalue weighted by Crippen LogP contribution is 2.26. The third kappa shape index (κ3) is 7.87. The number of nitrogens with zero attached hydrogens (tertiary/aromatic N) is 2. The first-order valence-corrected chi connectivity index (χ1v) is 11.7. The van der Waals surface area contributed by atoms with Crippen molar-refractivity contribution in [3.05, 3.63) is 35.9 Å². The van der Waals surface area contributed by atoms with E-state index in [1.807, 2.05) is 0 Å². The van der Waals surface area contributed by atoms with Crippen LogP contribution >= 0.6 is 24.0 Å². The smallest absolute Gasteiger partial charge is 0.193 e. The number of hydrogen-bond acceptors (Lipinski definition) is 4. The van der Waals surface area contributed by atoms with Crippen LogP contribution in [0.5, 0.6) is 0 Å². The summed E-state index contributed by atoms with van der Waals surface area (Å²) in [6.45, 7) is 12.5. The van der Waals surface area contributed by atoms with Crippen LogP contribution in [0, 0.1) is 0 Å². The maximum absolute atomic E-state index is 5.82. The molecule has 2 aliphatic heterocycles. The summed E-state index contributed by atoms with van der Waals surface area (Å²) in [5.74, 6) is 1.03. The number of ether oxygens (including phenoxy) is 2. The van der Waals surface area contributed by atoms with Crippen LogP contribution in [0.2, 0.25) is 0 Å². The summed E-state index contributed by atoms with van der Waals surface area (Å²) in [5.41, 5.74) is 1.29. The minimum absolute atomic E-state index is 0. The molecule has 0 saturated carbocycles. The van der Waals surface area contributed by atoms with E-state index < -0.39 is 0 Å². The summed E-state index contributed by atoms with van der Waals surface area (Å²) in [6.07, 6.45) is 4.50. The zero-order valence-corrected chi connectivity index (χ0v) is 21.8. The first-order chi connectivity index (χ1) is 14.7. The number of likely N-dealkylation sites (tertiary alicyclic amines) is 1. The Hall–Kier alpha value is -0.900. The van der Waals surface area contributed by atoms with Gasteiger partial charge < -0.3 is 25.0 Å². The second kappa shape index (κ2) is 13.6. The van der Waals surface area contributed by atoms with Gasteiger partial charge in [-0.3, -0.25) is 4.99 Å². The maximum atomic E-state index is 5.82. The van der Waals surface area contributed by atoms with E-state index in [9.17, 15) is 0 Å². The Morgan fingerprint density at radius 2 is 1.87 bits per heavy atom. The highest BCUT2D eigenvalue weighted by atomic mass is 127. The fourth-order valence-corrected chi connectivity index (χ4v) is 4.52. The molecule has 0 amide bonds. The molecule has 0 spiro atoms. The van der Waals surface area contributed by atoms with Crippen molar-refractivity contribution >= 4 is 29.9 Å². The van der Waals surface area contributed by atoms with Crippen LogP contribution in [0.25, 0.3) is 0 Å². The molecule has 2 fully saturated rings. The van der Waals surface area contributed by atoms with Gasteiger partial charge in [0.05, 0.1) is 12.6 Å². The van der Waals surface area contributed by atoms with Crippen LogP contribution < -0.4 is 10.6 Å². The van der Waals surface area contributed by atoms with Gasteiger partial charge >= 0.3 is 0 Å². The topological polar surface area (TPSA) is 58.1 Å². The predicted molar refractivity (Wildman–Crippen MR) is 138 cm³/mol. The largest absolute Gasteiger partial charge is 0.381 e. The van der Waals surface area contributed by atoms with Crippen LogP contribution in [0.3, 0.4) is 0 Å². The van der Waals surface area contributed by atoms with Crippen molar-refractivity contribution in [2.75, 3.05) is 46.0 Å². The lowest BCUT2D eigenvalue weighted by Crippen LogP contribution is -2.54. The molecule has 6 nitrogen and oxygen atoms in total. The van der Waals surface area contributed by atoms with Gasteiger partial charge in [-0.05, 0) is 52.0 Å². The predicted octanol–water partition coefficient (Wildman–Crippen LogP) is 3.97. The van der Waals surface area contributed by atoms with Crippen LogP contribution in [0.15, 0.2) is 35.3 Å². The van der Waals surface area contributed by atoms with E-state index in [1.165, 1.54) is 5.56 Å². The van der Waals surface area contributed by atoms with E-state index >= 15 is 0 Å². The molecule has 176 valence electrons. The van der Waals surface area contributed by atoms with Gasteiger partial charge in [-0.2, -0.15) is 0 Å². The van der Waals surface area contributed by atoms with E-state index in [4.69, 9.17) is 14.5 Å². The van der Waals surface area contributed by atoms with Gasteiger partial charge in [0.2, 0.25) is 0 Å². The van der Waals surface area contributed by atoms with Crippen LogP contribution in [-0.4, -0.2) is 68.5 Å². The fraction of sp³-hybridized carbons (Fsp3) is 0.708. The SMILES string of the molecule is CCNC(=NCC1(NC(C)c2ccccc2)CCOCC1)N1CCC(OCC)CC1.I. The molecule has 2 N–H and O–H groups in total. The summed E-state index contributed by atoms with van der Waals surface area (Å²) in [6, 6.07) is 11.0. The molecule has 1 atom stereocenters. The Labute approximate surface area is 205 Å². The quantitative estimate of drug-likeness (QED) is 0.295. The third-order valence-corrected chi connectivity index (χ3v) is 6.28. The van der Waals surface area contributed by atoms with Gasteiger partial charge in [0.15, 0.2) is 5.96 Å². The number of halogens is 1. The number of aliphatic imine (C=N–C) groups is 1. The number of piperidine rings is 1. The molecule has 1 aromatic rings. The number of hydrogen-bond donors (Lipinski definition) is 2. The second-order valence-corrected chi connectivity index (χ2v) is 8.48. The van der Waals surface area contributed by atoms with Crippen molar-refractivity contribution in [3.8, 4) is 0 Å². The van der Waals surface area contributed by atoms with Gasteiger partial charge in [0.1, 0.15) is 0 Å². The average molecular weight is 545 g/mol. The molecule has 2 heterocycles. The van der Waals surface area contributed by atoms with E-state index in [-0.39, 0.29) is 35.6 Å².